The summed E-state index contributed by atoms with van der Waals surface area (Å²) in [6.07, 6.45) is 4.05. The van der Waals surface area contributed by atoms with Crippen molar-refractivity contribution in [2.45, 2.75) is 57.2 Å². The summed E-state index contributed by atoms with van der Waals surface area (Å²) in [7, 11) is 0. The van der Waals surface area contributed by atoms with Crippen LogP contribution in [0.3, 0.4) is 0 Å². The summed E-state index contributed by atoms with van der Waals surface area (Å²) in [4.78, 5) is 0. The van der Waals surface area contributed by atoms with Crippen LogP contribution in [0.25, 0.3) is 0 Å². The van der Waals surface area contributed by atoms with Gasteiger partial charge in [-0.3, -0.25) is 0 Å². The SMILES string of the molecule is C[C@@]12CC[C@H]3c4ccc(O)cc4C[C@@H](O)[C@@H]3[C@@H]1CC[C@@H]2O. The Labute approximate surface area is 125 Å². The molecule has 1 aromatic carbocycles. The van der Waals surface area contributed by atoms with E-state index in [-0.39, 0.29) is 29.3 Å². The molecular weight excluding hydrogens is 264 g/mol. The van der Waals surface area contributed by atoms with Crippen molar-refractivity contribution in [3.8, 4) is 5.75 Å². The van der Waals surface area contributed by atoms with Gasteiger partial charge < -0.3 is 15.3 Å². The van der Waals surface area contributed by atoms with E-state index in [4.69, 9.17) is 0 Å². The highest BCUT2D eigenvalue weighted by atomic mass is 16.3. The Morgan fingerprint density at radius 1 is 1.14 bits per heavy atom. The second-order valence-electron chi connectivity index (χ2n) is 7.58. The molecule has 0 radical (unpaired) electrons. The Morgan fingerprint density at radius 3 is 2.76 bits per heavy atom. The molecule has 3 aliphatic carbocycles. The van der Waals surface area contributed by atoms with Gasteiger partial charge in [-0.1, -0.05) is 13.0 Å². The first-order valence-corrected chi connectivity index (χ1v) is 8.18. The predicted molar refractivity (Wildman–Crippen MR) is 80.1 cm³/mol. The summed E-state index contributed by atoms with van der Waals surface area (Å²) in [6, 6.07) is 5.62. The monoisotopic (exact) mass is 288 g/mol. The zero-order valence-corrected chi connectivity index (χ0v) is 12.5. The van der Waals surface area contributed by atoms with Gasteiger partial charge in [0.25, 0.3) is 0 Å². The molecule has 0 heterocycles. The lowest BCUT2D eigenvalue weighted by Crippen LogP contribution is -2.49. The van der Waals surface area contributed by atoms with Crippen LogP contribution in [-0.2, 0) is 6.42 Å². The number of phenolic OH excluding ortho intramolecular Hbond substituents is 1. The van der Waals surface area contributed by atoms with Crippen LogP contribution in [0, 0.1) is 17.3 Å². The largest absolute Gasteiger partial charge is 0.508 e. The Bertz CT molecular complexity index is 570. The number of hydrogen-bond acceptors (Lipinski definition) is 3. The second kappa shape index (κ2) is 4.47. The van der Waals surface area contributed by atoms with E-state index in [1.54, 1.807) is 6.07 Å². The maximum atomic E-state index is 10.7. The minimum atomic E-state index is -0.348. The smallest absolute Gasteiger partial charge is 0.115 e. The summed E-state index contributed by atoms with van der Waals surface area (Å²) in [5, 5.41) is 30.8. The van der Waals surface area contributed by atoms with Crippen molar-refractivity contribution < 1.29 is 15.3 Å². The van der Waals surface area contributed by atoms with E-state index >= 15 is 0 Å². The van der Waals surface area contributed by atoms with Gasteiger partial charge in [0.2, 0.25) is 0 Å². The number of aromatic hydroxyl groups is 1. The molecule has 0 bridgehead atoms. The standard InChI is InChI=1S/C18H24O3/c1-18-7-6-13-12-3-2-11(19)8-10(12)9-15(20)17(13)14(18)4-5-16(18)21/h2-3,8,13-17,19-21H,4-7,9H2,1H3/t13-,14-,15+,16-,17-,18+/m0/s1. The molecule has 4 rings (SSSR count). The minimum absolute atomic E-state index is 0.0173. The Kier molecular flexibility index (Phi) is 2.89. The topological polar surface area (TPSA) is 60.7 Å². The van der Waals surface area contributed by atoms with Crippen molar-refractivity contribution in [3.05, 3.63) is 29.3 Å². The Balaban J connectivity index is 1.76. The molecule has 3 nitrogen and oxygen atoms in total. The molecule has 0 aliphatic heterocycles. The Hall–Kier alpha value is -1.06. The number of phenols is 1. The fourth-order valence-electron chi connectivity index (χ4n) is 5.56. The van der Waals surface area contributed by atoms with Crippen molar-refractivity contribution in [3.63, 3.8) is 0 Å². The quantitative estimate of drug-likeness (QED) is 0.687. The van der Waals surface area contributed by atoms with Gasteiger partial charge in [0.1, 0.15) is 5.75 Å². The van der Waals surface area contributed by atoms with Crippen LogP contribution < -0.4 is 0 Å². The molecule has 0 aromatic heterocycles. The van der Waals surface area contributed by atoms with E-state index < -0.39 is 0 Å². The molecule has 3 heteroatoms. The van der Waals surface area contributed by atoms with E-state index in [1.807, 2.05) is 12.1 Å². The third-order valence-corrected chi connectivity index (χ3v) is 6.68. The van der Waals surface area contributed by atoms with Crippen LogP contribution in [0.15, 0.2) is 18.2 Å². The number of aliphatic hydroxyl groups excluding tert-OH is 2. The van der Waals surface area contributed by atoms with E-state index in [1.165, 1.54) is 5.56 Å². The normalized spacial score (nSPS) is 44.8. The summed E-state index contributed by atoms with van der Waals surface area (Å²) in [5.41, 5.74) is 2.40. The highest BCUT2D eigenvalue weighted by molar-refractivity contribution is 5.41. The van der Waals surface area contributed by atoms with Crippen molar-refractivity contribution >= 4 is 0 Å². The predicted octanol–water partition coefficient (Wildman–Crippen LogP) is 2.58. The first-order chi connectivity index (χ1) is 10.0. The van der Waals surface area contributed by atoms with Crippen LogP contribution in [-0.4, -0.2) is 27.5 Å². The highest BCUT2D eigenvalue weighted by Crippen LogP contribution is 2.60. The first kappa shape index (κ1) is 13.6. The van der Waals surface area contributed by atoms with Crippen LogP contribution in [0.2, 0.25) is 0 Å². The Morgan fingerprint density at radius 2 is 1.95 bits per heavy atom. The van der Waals surface area contributed by atoms with Crippen LogP contribution in [0.4, 0.5) is 0 Å². The first-order valence-electron chi connectivity index (χ1n) is 8.18. The lowest BCUT2D eigenvalue weighted by molar-refractivity contribution is -0.0627. The lowest BCUT2D eigenvalue weighted by Gasteiger charge is -2.51. The summed E-state index contributed by atoms with van der Waals surface area (Å²) in [5.74, 6) is 1.35. The van der Waals surface area contributed by atoms with Gasteiger partial charge in [0.05, 0.1) is 12.2 Å². The fourth-order valence-corrected chi connectivity index (χ4v) is 5.56. The van der Waals surface area contributed by atoms with E-state index in [0.717, 1.165) is 31.2 Å². The molecule has 0 saturated heterocycles. The zero-order chi connectivity index (χ0) is 14.8. The van der Waals surface area contributed by atoms with E-state index in [9.17, 15) is 15.3 Å². The van der Waals surface area contributed by atoms with Crippen molar-refractivity contribution in [1.29, 1.82) is 0 Å². The van der Waals surface area contributed by atoms with Gasteiger partial charge in [0.15, 0.2) is 0 Å². The maximum Gasteiger partial charge on any atom is 0.115 e. The molecule has 3 aliphatic rings. The molecule has 2 saturated carbocycles. The molecule has 3 N–H and O–H groups in total. The van der Waals surface area contributed by atoms with E-state index in [0.29, 0.717) is 18.3 Å². The zero-order valence-electron chi connectivity index (χ0n) is 12.5. The van der Waals surface area contributed by atoms with E-state index in [2.05, 4.69) is 6.92 Å². The number of hydrogen-bond donors (Lipinski definition) is 3. The maximum absolute atomic E-state index is 10.7. The fraction of sp³-hybridized carbons (Fsp3) is 0.667. The molecule has 21 heavy (non-hydrogen) atoms. The highest BCUT2D eigenvalue weighted by Gasteiger charge is 2.56. The second-order valence-corrected chi connectivity index (χ2v) is 7.58. The molecule has 6 atom stereocenters. The molecule has 2 fully saturated rings. The third-order valence-electron chi connectivity index (χ3n) is 6.68. The van der Waals surface area contributed by atoms with Gasteiger partial charge in [-0.25, -0.2) is 0 Å². The van der Waals surface area contributed by atoms with Crippen LogP contribution in [0.5, 0.6) is 5.75 Å². The molecule has 0 unspecified atom stereocenters. The summed E-state index contributed by atoms with van der Waals surface area (Å²) >= 11 is 0. The third kappa shape index (κ3) is 1.80. The van der Waals surface area contributed by atoms with Gasteiger partial charge in [-0.15, -0.1) is 0 Å². The molecule has 114 valence electrons. The number of benzene rings is 1. The number of aliphatic hydroxyl groups is 2. The van der Waals surface area contributed by atoms with Crippen LogP contribution in [0.1, 0.15) is 49.7 Å². The van der Waals surface area contributed by atoms with Gasteiger partial charge >= 0.3 is 0 Å². The minimum Gasteiger partial charge on any atom is -0.508 e. The molecule has 0 amide bonds. The van der Waals surface area contributed by atoms with Gasteiger partial charge in [-0.05, 0) is 78.5 Å². The van der Waals surface area contributed by atoms with Gasteiger partial charge in [-0.2, -0.15) is 0 Å². The summed E-state index contributed by atoms with van der Waals surface area (Å²) in [6.45, 7) is 2.21. The molecular formula is C18H24O3. The average molecular weight is 288 g/mol. The summed E-state index contributed by atoms with van der Waals surface area (Å²) < 4.78 is 0. The molecule has 0 spiro atoms. The molecule has 1 aromatic rings. The average Bonchev–Trinajstić information content (AvgIpc) is 2.74. The number of rotatable bonds is 0. The van der Waals surface area contributed by atoms with Gasteiger partial charge in [0, 0.05) is 0 Å². The van der Waals surface area contributed by atoms with Crippen molar-refractivity contribution in [1.82, 2.24) is 0 Å². The van der Waals surface area contributed by atoms with Crippen LogP contribution >= 0.6 is 0 Å². The lowest BCUT2D eigenvalue weighted by atomic mass is 9.54. The van der Waals surface area contributed by atoms with Crippen molar-refractivity contribution in [2.75, 3.05) is 0 Å². The van der Waals surface area contributed by atoms with Crippen molar-refractivity contribution in [2.24, 2.45) is 17.3 Å². The number of fused-ring (bicyclic) bond motifs is 5.